The van der Waals surface area contributed by atoms with E-state index in [1.165, 1.54) is 12.8 Å². The van der Waals surface area contributed by atoms with E-state index < -0.39 is 0 Å². The predicted octanol–water partition coefficient (Wildman–Crippen LogP) is 2.37. The molecule has 0 saturated heterocycles. The minimum atomic E-state index is 1.11. The van der Waals surface area contributed by atoms with Gasteiger partial charge in [-0.15, -0.1) is 6.42 Å². The largest absolute Gasteiger partial charge is 0.106 e. The van der Waals surface area contributed by atoms with Crippen LogP contribution in [0.3, 0.4) is 0 Å². The van der Waals surface area contributed by atoms with Crippen LogP contribution in [0.1, 0.15) is 26.2 Å². The van der Waals surface area contributed by atoms with Gasteiger partial charge in [0.15, 0.2) is 0 Å². The highest BCUT2D eigenvalue weighted by Gasteiger charge is 1.74. The zero-order valence-electron chi connectivity index (χ0n) is 6.35. The number of terminal acetylenes is 1. The number of rotatable bonds is 3. The van der Waals surface area contributed by atoms with E-state index in [0.29, 0.717) is 0 Å². The van der Waals surface area contributed by atoms with Gasteiger partial charge in [0, 0.05) is 0 Å². The fraction of sp³-hybridized carbons (Fsp3) is 0.400. The second-order valence-electron chi connectivity index (χ2n) is 1.96. The Kier molecular flexibility index (Phi) is 6.96. The molecule has 0 aliphatic rings. The summed E-state index contributed by atoms with van der Waals surface area (Å²) >= 11 is 0. The topological polar surface area (TPSA) is 0 Å². The smallest absolute Gasteiger partial charge is 0.0108 e. The quantitative estimate of drug-likeness (QED) is 0.408. The lowest BCUT2D eigenvalue weighted by atomic mass is 10.2. The van der Waals surface area contributed by atoms with Crippen LogP contribution in [-0.2, 0) is 0 Å². The van der Waals surface area contributed by atoms with E-state index in [-0.39, 0.29) is 0 Å². The molecule has 0 aliphatic heterocycles. The predicted molar refractivity (Wildman–Crippen MR) is 45.3 cm³/mol. The fourth-order valence-electron chi connectivity index (χ4n) is 0.548. The van der Waals surface area contributed by atoms with E-state index in [1.807, 2.05) is 12.2 Å². The molecular weight excluding hydrogens is 120 g/mol. The third-order valence-electron chi connectivity index (χ3n) is 1.07. The molecule has 52 valence electrons. The van der Waals surface area contributed by atoms with Crippen LogP contribution >= 0.6 is 0 Å². The van der Waals surface area contributed by atoms with Crippen molar-refractivity contribution in [3.63, 3.8) is 0 Å². The minimum absolute atomic E-state index is 1.11. The van der Waals surface area contributed by atoms with Crippen molar-refractivity contribution in [2.45, 2.75) is 26.2 Å². The first-order valence-electron chi connectivity index (χ1n) is 3.53. The highest BCUT2D eigenvalue weighted by molar-refractivity contribution is 5.27. The first kappa shape index (κ1) is 8.86. The zero-order chi connectivity index (χ0) is 7.66. The monoisotopic (exact) mass is 132 g/mol. The first-order valence-corrected chi connectivity index (χ1v) is 3.53. The molecule has 0 amide bonds. The molecule has 0 heterocycles. The van der Waals surface area contributed by atoms with E-state index >= 15 is 0 Å². The molecule has 0 bridgehead atoms. The molecule has 0 aliphatic carbocycles. The average Bonchev–Trinajstić information content (AvgIpc) is 1.97. The van der Waals surface area contributed by atoms with Crippen LogP contribution in [0.5, 0.6) is 0 Å². The molecule has 0 N–H and O–H groups in total. The molecule has 0 aromatic carbocycles. The lowest BCUT2D eigenvalue weighted by molar-refractivity contribution is 0.815. The van der Waals surface area contributed by atoms with Gasteiger partial charge in [0.25, 0.3) is 0 Å². The average molecular weight is 132 g/mol. The second-order valence-corrected chi connectivity index (χ2v) is 1.96. The van der Waals surface area contributed by atoms with Gasteiger partial charge in [-0.05, 0) is 24.3 Å². The van der Waals surface area contributed by atoms with Crippen LogP contribution in [0, 0.1) is 24.2 Å². The minimum Gasteiger partial charge on any atom is -0.106 e. The summed E-state index contributed by atoms with van der Waals surface area (Å²) in [6, 6.07) is 0. The van der Waals surface area contributed by atoms with Crippen molar-refractivity contribution in [1.82, 2.24) is 0 Å². The van der Waals surface area contributed by atoms with E-state index in [1.54, 1.807) is 0 Å². The number of hydrogen-bond donors (Lipinski definition) is 0. The van der Waals surface area contributed by atoms with E-state index in [9.17, 15) is 0 Å². The Balaban J connectivity index is 3.31. The van der Waals surface area contributed by atoms with Crippen molar-refractivity contribution < 1.29 is 0 Å². The number of allylic oxidation sites excluding steroid dienone is 2. The van der Waals surface area contributed by atoms with Crippen LogP contribution in [0.2, 0.25) is 0 Å². The maximum absolute atomic E-state index is 4.91. The van der Waals surface area contributed by atoms with Crippen LogP contribution in [0.15, 0.2) is 12.2 Å². The normalized spacial score (nSPS) is 8.40. The van der Waals surface area contributed by atoms with Gasteiger partial charge in [0.2, 0.25) is 0 Å². The Morgan fingerprint density at radius 1 is 1.50 bits per heavy atom. The van der Waals surface area contributed by atoms with Crippen molar-refractivity contribution in [1.29, 1.82) is 0 Å². The van der Waals surface area contributed by atoms with Gasteiger partial charge in [0.05, 0.1) is 0 Å². The van der Waals surface area contributed by atoms with E-state index in [2.05, 4.69) is 24.7 Å². The molecular formula is C10H12. The van der Waals surface area contributed by atoms with Gasteiger partial charge in [-0.2, -0.15) is 0 Å². The highest BCUT2D eigenvalue weighted by atomic mass is 13.8. The van der Waals surface area contributed by atoms with Gasteiger partial charge in [-0.3, -0.25) is 0 Å². The lowest BCUT2D eigenvalue weighted by Gasteiger charge is -1.83. The summed E-state index contributed by atoms with van der Waals surface area (Å²) in [6.07, 6.45) is 12.3. The lowest BCUT2D eigenvalue weighted by Crippen LogP contribution is -1.64. The molecule has 0 unspecified atom stereocenters. The summed E-state index contributed by atoms with van der Waals surface area (Å²) in [5.41, 5.74) is 0. The number of unbranched alkanes of at least 4 members (excludes halogenated alkanes) is 2. The maximum atomic E-state index is 4.91. The SMILES string of the molecule is C#CC#C/C=C/CCCC. The standard InChI is InChI=1S/C10H12/c1-3-5-7-9-10-8-6-4-2/h1,9-10H,4,6,8H2,2H3/b10-9+. The van der Waals surface area contributed by atoms with Crippen molar-refractivity contribution in [2.75, 3.05) is 0 Å². The number of hydrogen-bond acceptors (Lipinski definition) is 0. The molecule has 0 heteroatoms. The summed E-state index contributed by atoms with van der Waals surface area (Å²) in [7, 11) is 0. The van der Waals surface area contributed by atoms with Crippen molar-refractivity contribution in [3.05, 3.63) is 12.2 Å². The second kappa shape index (κ2) is 7.86. The van der Waals surface area contributed by atoms with Crippen LogP contribution in [-0.4, -0.2) is 0 Å². The van der Waals surface area contributed by atoms with Crippen LogP contribution < -0.4 is 0 Å². The third kappa shape index (κ3) is 6.86. The summed E-state index contributed by atoms with van der Waals surface area (Å²) < 4.78 is 0. The molecule has 0 fully saturated rings. The Morgan fingerprint density at radius 3 is 2.90 bits per heavy atom. The Hall–Kier alpha value is -1.14. The van der Waals surface area contributed by atoms with Gasteiger partial charge in [-0.25, -0.2) is 0 Å². The summed E-state index contributed by atoms with van der Waals surface area (Å²) in [4.78, 5) is 0. The van der Waals surface area contributed by atoms with Crippen LogP contribution in [0.4, 0.5) is 0 Å². The summed E-state index contributed by atoms with van der Waals surface area (Å²) in [5, 5.41) is 0. The van der Waals surface area contributed by atoms with Crippen molar-refractivity contribution >= 4 is 0 Å². The van der Waals surface area contributed by atoms with Crippen molar-refractivity contribution in [3.8, 4) is 24.2 Å². The van der Waals surface area contributed by atoms with Gasteiger partial charge in [0.1, 0.15) is 0 Å². The van der Waals surface area contributed by atoms with Gasteiger partial charge in [-0.1, -0.05) is 31.8 Å². The Morgan fingerprint density at radius 2 is 2.30 bits per heavy atom. The third-order valence-corrected chi connectivity index (χ3v) is 1.07. The van der Waals surface area contributed by atoms with E-state index in [4.69, 9.17) is 6.42 Å². The highest BCUT2D eigenvalue weighted by Crippen LogP contribution is 1.93. The molecule has 0 nitrogen and oxygen atoms in total. The first-order chi connectivity index (χ1) is 4.91. The molecule has 10 heavy (non-hydrogen) atoms. The zero-order valence-corrected chi connectivity index (χ0v) is 6.35. The summed E-state index contributed by atoms with van der Waals surface area (Å²) in [6.45, 7) is 2.17. The van der Waals surface area contributed by atoms with E-state index in [0.717, 1.165) is 6.42 Å². The molecule has 0 aromatic rings. The van der Waals surface area contributed by atoms with Crippen LogP contribution in [0.25, 0.3) is 0 Å². The summed E-state index contributed by atoms with van der Waals surface area (Å²) in [5.74, 6) is 7.49. The molecule has 0 atom stereocenters. The Bertz CT molecular complexity index is 180. The molecule has 0 saturated carbocycles. The Labute approximate surface area is 63.3 Å². The maximum Gasteiger partial charge on any atom is -0.0108 e. The van der Waals surface area contributed by atoms with Gasteiger partial charge >= 0.3 is 0 Å². The fourth-order valence-corrected chi connectivity index (χ4v) is 0.548. The molecule has 0 aromatic heterocycles. The molecule has 0 rings (SSSR count). The molecule has 0 spiro atoms. The van der Waals surface area contributed by atoms with Crippen molar-refractivity contribution in [2.24, 2.45) is 0 Å². The van der Waals surface area contributed by atoms with Gasteiger partial charge < -0.3 is 0 Å². The molecule has 0 radical (unpaired) electrons.